The van der Waals surface area contributed by atoms with Crippen LogP contribution in [0, 0.1) is 5.41 Å². The van der Waals surface area contributed by atoms with Gasteiger partial charge in [0.1, 0.15) is 23.3 Å². The molecule has 2 amide bonds. The van der Waals surface area contributed by atoms with Crippen molar-refractivity contribution in [1.29, 1.82) is 5.41 Å². The fourth-order valence-corrected chi connectivity index (χ4v) is 7.03. The summed E-state index contributed by atoms with van der Waals surface area (Å²) in [6, 6.07) is 3.41. The summed E-state index contributed by atoms with van der Waals surface area (Å²) in [7, 11) is -5.05. The van der Waals surface area contributed by atoms with Crippen LogP contribution in [-0.2, 0) is 40.3 Å². The van der Waals surface area contributed by atoms with E-state index in [0.29, 0.717) is 41.2 Å². The number of nitrogens with zero attached hydrogens (tertiary/aromatic N) is 3. The van der Waals surface area contributed by atoms with Crippen LogP contribution in [0.25, 0.3) is 0 Å². The highest BCUT2D eigenvalue weighted by Gasteiger charge is 2.58. The van der Waals surface area contributed by atoms with Crippen LogP contribution in [0.15, 0.2) is 28.7 Å². The quantitative estimate of drug-likeness (QED) is 0.0375. The molecule has 1 aliphatic carbocycles. The SMILES string of the molecule is CC(O/N=C(\C(=O)N[C@@H]1C(=O)N(OS(=O)(=O)O)C1(C)C)c1csc(N)n1)(C(=O)O)[C@H]1CCc2cc(C(=N)NC3CC(N)([C@H](O)CO)C3)ccc2O1. The molecule has 1 unspecified atom stereocenters. The van der Waals surface area contributed by atoms with Crippen LogP contribution in [0.4, 0.5) is 5.13 Å². The molecule has 2 aromatic rings. The summed E-state index contributed by atoms with van der Waals surface area (Å²) in [6.07, 6.45) is -0.996. The molecule has 1 saturated heterocycles. The molecule has 5 rings (SSSR count). The van der Waals surface area contributed by atoms with Gasteiger partial charge in [-0.1, -0.05) is 5.16 Å². The second kappa shape index (κ2) is 13.6. The third-order valence-electron chi connectivity index (χ3n) is 9.20. The number of β-lactam (4-membered cyclic amide) rings is 1. The number of rotatable bonds is 13. The Kier molecular flexibility index (Phi) is 10.1. The third kappa shape index (κ3) is 7.47. The second-order valence-corrected chi connectivity index (χ2v) is 15.1. The summed E-state index contributed by atoms with van der Waals surface area (Å²) in [5, 5.41) is 49.0. The van der Waals surface area contributed by atoms with E-state index in [-0.39, 0.29) is 29.1 Å². The van der Waals surface area contributed by atoms with Crippen LogP contribution in [-0.4, -0.2) is 115 Å². The molecular formula is C29H38N8O12S2. The van der Waals surface area contributed by atoms with Crippen LogP contribution in [0.5, 0.6) is 5.75 Å². The number of thiazole rings is 1. The Bertz CT molecular complexity index is 1880. The second-order valence-electron chi connectivity index (χ2n) is 13.2. The van der Waals surface area contributed by atoms with Gasteiger partial charge in [-0.15, -0.1) is 15.6 Å². The zero-order valence-electron chi connectivity index (χ0n) is 27.5. The number of aliphatic hydroxyl groups excluding tert-OH is 2. The highest BCUT2D eigenvalue weighted by atomic mass is 32.3. The highest BCUT2D eigenvalue weighted by Crippen LogP contribution is 2.36. The smallest absolute Gasteiger partial charge is 0.418 e. The Hall–Kier alpha value is -4.45. The molecule has 20 nitrogen and oxygen atoms in total. The van der Waals surface area contributed by atoms with E-state index in [1.807, 2.05) is 0 Å². The molecule has 0 spiro atoms. The number of aromatic nitrogens is 1. The Morgan fingerprint density at radius 1 is 1.31 bits per heavy atom. The number of carboxylic acid groups (broad SMARTS) is 1. The largest absolute Gasteiger partial charge is 0.485 e. The lowest BCUT2D eigenvalue weighted by Crippen LogP contribution is -2.76. The average Bonchev–Trinajstić information content (AvgIpc) is 3.48. The lowest BCUT2D eigenvalue weighted by Gasteiger charge is -2.50. The van der Waals surface area contributed by atoms with Gasteiger partial charge in [-0.3, -0.25) is 19.6 Å². The van der Waals surface area contributed by atoms with Crippen molar-refractivity contribution in [2.24, 2.45) is 10.9 Å². The van der Waals surface area contributed by atoms with Gasteiger partial charge < -0.3 is 47.0 Å². The van der Waals surface area contributed by atoms with Crippen LogP contribution < -0.4 is 26.8 Å². The van der Waals surface area contributed by atoms with E-state index in [2.05, 4.69) is 25.1 Å². The number of nitrogens with two attached hydrogens (primary N) is 2. The van der Waals surface area contributed by atoms with Crippen molar-refractivity contribution in [2.45, 2.75) is 87.4 Å². The van der Waals surface area contributed by atoms with Crippen LogP contribution in [0.3, 0.4) is 0 Å². The number of nitrogen functional groups attached to an aromatic ring is 1. The van der Waals surface area contributed by atoms with E-state index >= 15 is 0 Å². The van der Waals surface area contributed by atoms with E-state index < -0.39 is 75.4 Å². The first-order chi connectivity index (χ1) is 23.7. The number of anilines is 1. The number of amidine groups is 1. The summed E-state index contributed by atoms with van der Waals surface area (Å²) in [6.45, 7) is 3.46. The Labute approximate surface area is 295 Å². The summed E-state index contributed by atoms with van der Waals surface area (Å²) in [5.41, 5.74) is 7.87. The monoisotopic (exact) mass is 754 g/mol. The number of hydroxylamine groups is 2. The van der Waals surface area contributed by atoms with Crippen LogP contribution in [0.2, 0.25) is 0 Å². The minimum atomic E-state index is -5.05. The van der Waals surface area contributed by atoms with Gasteiger partial charge in [-0.05, 0) is 70.2 Å². The molecule has 0 bridgehead atoms. The molecule has 1 saturated carbocycles. The van der Waals surface area contributed by atoms with E-state index in [1.54, 1.807) is 18.2 Å². The van der Waals surface area contributed by atoms with Gasteiger partial charge in [0.2, 0.25) is 0 Å². The molecule has 3 heterocycles. The number of benzene rings is 1. The lowest BCUT2D eigenvalue weighted by molar-refractivity contribution is -0.218. The molecule has 1 aromatic heterocycles. The molecule has 2 aliphatic heterocycles. The van der Waals surface area contributed by atoms with Gasteiger partial charge in [0.05, 0.1) is 18.2 Å². The minimum Gasteiger partial charge on any atom is -0.485 e. The molecule has 22 heteroatoms. The molecule has 51 heavy (non-hydrogen) atoms. The summed E-state index contributed by atoms with van der Waals surface area (Å²) < 4.78 is 41.7. The predicted octanol–water partition coefficient (Wildman–Crippen LogP) is -1.35. The number of ether oxygens (including phenoxy) is 1. The summed E-state index contributed by atoms with van der Waals surface area (Å²) >= 11 is 0.944. The van der Waals surface area contributed by atoms with Gasteiger partial charge in [-0.25, -0.2) is 9.78 Å². The zero-order chi connectivity index (χ0) is 37.7. The van der Waals surface area contributed by atoms with Gasteiger partial charge in [-0.2, -0.15) is 13.5 Å². The average molecular weight is 755 g/mol. The van der Waals surface area contributed by atoms with Gasteiger partial charge in [0.25, 0.3) is 17.4 Å². The Morgan fingerprint density at radius 3 is 2.57 bits per heavy atom. The van der Waals surface area contributed by atoms with Crippen molar-refractivity contribution < 1.29 is 56.5 Å². The van der Waals surface area contributed by atoms with Crippen molar-refractivity contribution in [1.82, 2.24) is 20.7 Å². The number of oxime groups is 1. The fourth-order valence-electron chi connectivity index (χ4n) is 6.03. The maximum absolute atomic E-state index is 13.5. The number of hydrogen-bond donors (Lipinski definition) is 9. The maximum Gasteiger partial charge on any atom is 0.418 e. The number of hydrogen-bond acceptors (Lipinski definition) is 16. The molecule has 3 aliphatic rings. The number of carboxylic acids is 1. The molecule has 1 aromatic carbocycles. The number of carbonyl (C=O) groups excluding carboxylic acids is 2. The van der Waals surface area contributed by atoms with Gasteiger partial charge >= 0.3 is 16.4 Å². The van der Waals surface area contributed by atoms with E-state index in [0.717, 1.165) is 11.3 Å². The first kappa shape index (κ1) is 37.8. The predicted molar refractivity (Wildman–Crippen MR) is 178 cm³/mol. The van der Waals surface area contributed by atoms with Crippen molar-refractivity contribution in [3.8, 4) is 5.75 Å². The lowest BCUT2D eigenvalue weighted by atomic mass is 9.70. The Balaban J connectivity index is 1.30. The van der Waals surface area contributed by atoms with Crippen LogP contribution >= 0.6 is 11.3 Å². The van der Waals surface area contributed by atoms with Gasteiger partial charge in [0.15, 0.2) is 16.9 Å². The summed E-state index contributed by atoms with van der Waals surface area (Å²) in [5.74, 6) is -3.09. The van der Waals surface area contributed by atoms with Crippen molar-refractivity contribution >= 4 is 56.2 Å². The third-order valence-corrected chi connectivity index (χ3v) is 10.2. The van der Waals surface area contributed by atoms with E-state index in [9.17, 15) is 38.1 Å². The number of amides is 2. The molecule has 2 fully saturated rings. The summed E-state index contributed by atoms with van der Waals surface area (Å²) in [4.78, 5) is 48.3. The normalized spacial score (nSPS) is 25.9. The topological polar surface area (TPSA) is 322 Å². The molecule has 278 valence electrons. The van der Waals surface area contributed by atoms with Crippen molar-refractivity contribution in [2.75, 3.05) is 12.3 Å². The number of fused-ring (bicyclic) bond motifs is 1. The molecule has 4 atom stereocenters. The molecule has 0 radical (unpaired) electrons. The van der Waals surface area contributed by atoms with E-state index in [1.165, 1.54) is 26.2 Å². The number of aliphatic carboxylic acids is 1. The number of carbonyl (C=O) groups is 3. The van der Waals surface area contributed by atoms with Gasteiger partial charge in [0, 0.05) is 22.5 Å². The number of aliphatic hydroxyl groups is 2. The van der Waals surface area contributed by atoms with Crippen molar-refractivity contribution in [3.63, 3.8) is 0 Å². The number of aryl methyl sites for hydroxylation is 1. The Morgan fingerprint density at radius 2 is 2.00 bits per heavy atom. The zero-order valence-corrected chi connectivity index (χ0v) is 29.2. The minimum absolute atomic E-state index is 0.0369. The first-order valence-electron chi connectivity index (χ1n) is 15.4. The molecular weight excluding hydrogens is 716 g/mol. The van der Waals surface area contributed by atoms with Crippen molar-refractivity contribution in [3.05, 3.63) is 40.4 Å². The van der Waals surface area contributed by atoms with Crippen LogP contribution in [0.1, 0.15) is 56.9 Å². The first-order valence-corrected chi connectivity index (χ1v) is 17.7. The maximum atomic E-state index is 13.5. The molecule has 11 N–H and O–H groups in total. The van der Waals surface area contributed by atoms with E-state index in [4.69, 9.17) is 31.0 Å². The fraction of sp³-hybridized carbons (Fsp3) is 0.517. The highest BCUT2D eigenvalue weighted by molar-refractivity contribution is 7.80. The standard InChI is InChI=1S/C29H38N8O12S2/c1-27(2)21(24(41)37(27)49-51(44,45)46)35-23(40)20(16-12-50-26(31)34-16)36-48-28(3,25(42)43)19-7-5-13-8-14(4-6-17(13)47-19)22(30)33-15-9-29(32,10-15)18(39)11-38/h4,6,8,12,15,18-19,21,38-39H,5,7,9-11,32H2,1-3H3,(H2,30,33)(H2,31,34)(H,35,40)(H,42,43)(H,44,45,46)/b36-20-/t15?,18-,19-,21-,28?,29?/m1/s1. The number of nitrogens with one attached hydrogen (secondary N) is 3.